The van der Waals surface area contributed by atoms with Gasteiger partial charge in [0.2, 0.25) is 0 Å². The molecule has 1 amide bonds. The summed E-state index contributed by atoms with van der Waals surface area (Å²) < 4.78 is 5.34. The number of carbonyl (C=O) groups excluding carboxylic acids is 2. The standard InChI is InChI=1S/C23H27N3O4/c1-4-25(5-2)14-15-26-20(17-11-8-9-13-24-17)19(22(28)23(26)29)21(27)16-10-6-7-12-18(16)30-3/h6-13,20,27H,4-5,14-15H2,1-3H3/b21-19+. The Morgan fingerprint density at radius 3 is 2.47 bits per heavy atom. The van der Waals surface area contributed by atoms with Crippen LogP contribution in [-0.4, -0.2) is 64.9 Å². The van der Waals surface area contributed by atoms with E-state index in [0.717, 1.165) is 13.1 Å². The first kappa shape index (κ1) is 21.5. The van der Waals surface area contributed by atoms with Gasteiger partial charge in [0.25, 0.3) is 11.7 Å². The first-order valence-corrected chi connectivity index (χ1v) is 10.1. The van der Waals surface area contributed by atoms with E-state index in [1.165, 1.54) is 12.0 Å². The predicted molar refractivity (Wildman–Crippen MR) is 114 cm³/mol. The van der Waals surface area contributed by atoms with Gasteiger partial charge in [0.05, 0.1) is 23.9 Å². The summed E-state index contributed by atoms with van der Waals surface area (Å²) in [4.78, 5) is 34.0. The van der Waals surface area contributed by atoms with Crippen LogP contribution in [0.3, 0.4) is 0 Å². The fourth-order valence-corrected chi connectivity index (χ4v) is 3.73. The number of Topliss-reactive ketones (excluding diaryl/α,β-unsaturated/α-hetero) is 1. The molecule has 0 bridgehead atoms. The molecule has 1 aliphatic rings. The normalized spacial score (nSPS) is 18.3. The number of nitrogens with zero attached hydrogens (tertiary/aromatic N) is 3. The van der Waals surface area contributed by atoms with Crippen LogP contribution in [-0.2, 0) is 9.59 Å². The summed E-state index contributed by atoms with van der Waals surface area (Å²) >= 11 is 0. The van der Waals surface area contributed by atoms with Crippen LogP contribution in [0.2, 0.25) is 0 Å². The second-order valence-electron chi connectivity index (χ2n) is 6.97. The highest BCUT2D eigenvalue weighted by Crippen LogP contribution is 2.39. The van der Waals surface area contributed by atoms with E-state index in [4.69, 9.17) is 4.74 Å². The van der Waals surface area contributed by atoms with Crippen molar-refractivity contribution in [3.05, 3.63) is 65.5 Å². The molecule has 1 aromatic carbocycles. The number of hydrogen-bond donors (Lipinski definition) is 1. The summed E-state index contributed by atoms with van der Waals surface area (Å²) in [5.41, 5.74) is 0.929. The van der Waals surface area contributed by atoms with E-state index in [-0.39, 0.29) is 11.3 Å². The molecule has 1 fully saturated rings. The molecule has 0 spiro atoms. The quantitative estimate of drug-likeness (QED) is 0.410. The summed E-state index contributed by atoms with van der Waals surface area (Å²) in [6, 6.07) is 11.4. The van der Waals surface area contributed by atoms with Gasteiger partial charge in [-0.15, -0.1) is 0 Å². The smallest absolute Gasteiger partial charge is 0.295 e. The lowest BCUT2D eigenvalue weighted by Gasteiger charge is -2.27. The summed E-state index contributed by atoms with van der Waals surface area (Å²) in [6.45, 7) is 6.77. The number of carbonyl (C=O) groups is 2. The number of aliphatic hydroxyl groups is 1. The van der Waals surface area contributed by atoms with Crippen LogP contribution in [0.15, 0.2) is 54.2 Å². The summed E-state index contributed by atoms with van der Waals surface area (Å²) in [6.07, 6.45) is 1.61. The highest BCUT2D eigenvalue weighted by atomic mass is 16.5. The number of ether oxygens (including phenoxy) is 1. The van der Waals surface area contributed by atoms with Crippen LogP contribution >= 0.6 is 0 Å². The summed E-state index contributed by atoms with van der Waals surface area (Å²) in [7, 11) is 1.49. The minimum Gasteiger partial charge on any atom is -0.507 e. The minimum absolute atomic E-state index is 0.0303. The van der Waals surface area contributed by atoms with Gasteiger partial charge in [0, 0.05) is 19.3 Å². The number of aromatic nitrogens is 1. The number of likely N-dealkylation sites (N-methyl/N-ethyl adjacent to an activating group) is 1. The molecule has 3 rings (SSSR count). The zero-order valence-electron chi connectivity index (χ0n) is 17.5. The highest BCUT2D eigenvalue weighted by molar-refractivity contribution is 6.46. The van der Waals surface area contributed by atoms with E-state index in [2.05, 4.69) is 23.7 Å². The van der Waals surface area contributed by atoms with E-state index in [1.807, 2.05) is 0 Å². The molecule has 0 aliphatic carbocycles. The van der Waals surface area contributed by atoms with Crippen LogP contribution < -0.4 is 4.74 Å². The Morgan fingerprint density at radius 1 is 1.13 bits per heavy atom. The SMILES string of the molecule is CCN(CC)CCN1C(=O)C(=O)/C(=C(/O)c2ccccc2OC)C1c1ccccn1. The average molecular weight is 409 g/mol. The largest absolute Gasteiger partial charge is 0.507 e. The minimum atomic E-state index is -0.758. The number of para-hydroxylation sites is 1. The number of amides is 1. The van der Waals surface area contributed by atoms with Gasteiger partial charge < -0.3 is 19.6 Å². The summed E-state index contributed by atoms with van der Waals surface area (Å²) in [5, 5.41) is 11.1. The molecule has 1 aromatic heterocycles. The van der Waals surface area contributed by atoms with Crippen LogP contribution in [0.5, 0.6) is 5.75 Å². The summed E-state index contributed by atoms with van der Waals surface area (Å²) in [5.74, 6) is -1.18. The third kappa shape index (κ3) is 4.07. The lowest BCUT2D eigenvalue weighted by molar-refractivity contribution is -0.140. The molecule has 7 heteroatoms. The van der Waals surface area contributed by atoms with Crippen LogP contribution in [0.1, 0.15) is 31.1 Å². The zero-order valence-corrected chi connectivity index (χ0v) is 17.5. The molecule has 7 nitrogen and oxygen atoms in total. The van der Waals surface area contributed by atoms with Crippen LogP contribution in [0, 0.1) is 0 Å². The molecule has 2 heterocycles. The number of benzene rings is 1. The number of aliphatic hydroxyl groups excluding tert-OH is 1. The predicted octanol–water partition coefficient (Wildman–Crippen LogP) is 2.85. The van der Waals surface area contributed by atoms with Crippen LogP contribution in [0.4, 0.5) is 0 Å². The van der Waals surface area contributed by atoms with Gasteiger partial charge in [-0.1, -0.05) is 32.0 Å². The maximum Gasteiger partial charge on any atom is 0.295 e. The van der Waals surface area contributed by atoms with Crippen molar-refractivity contribution in [3.63, 3.8) is 0 Å². The molecule has 0 radical (unpaired) electrons. The number of hydrogen-bond acceptors (Lipinski definition) is 6. The maximum atomic E-state index is 13.0. The first-order valence-electron chi connectivity index (χ1n) is 10.1. The van der Waals surface area contributed by atoms with E-state index < -0.39 is 17.7 Å². The average Bonchev–Trinajstić information content (AvgIpc) is 3.04. The van der Waals surface area contributed by atoms with Crippen LogP contribution in [0.25, 0.3) is 5.76 Å². The van der Waals surface area contributed by atoms with Crippen molar-refractivity contribution in [2.45, 2.75) is 19.9 Å². The van der Waals surface area contributed by atoms with Gasteiger partial charge in [-0.2, -0.15) is 0 Å². The van der Waals surface area contributed by atoms with Crippen molar-refractivity contribution < 1.29 is 19.4 Å². The van der Waals surface area contributed by atoms with Gasteiger partial charge in [-0.05, 0) is 37.4 Å². The first-order chi connectivity index (χ1) is 14.5. The van der Waals surface area contributed by atoms with Gasteiger partial charge >= 0.3 is 0 Å². The van der Waals surface area contributed by atoms with E-state index in [9.17, 15) is 14.7 Å². The van der Waals surface area contributed by atoms with Gasteiger partial charge in [0.1, 0.15) is 17.6 Å². The Morgan fingerprint density at radius 2 is 1.83 bits per heavy atom. The van der Waals surface area contributed by atoms with Crippen molar-refractivity contribution in [3.8, 4) is 5.75 Å². The Labute approximate surface area is 176 Å². The lowest BCUT2D eigenvalue weighted by atomic mass is 9.98. The number of pyridine rings is 1. The second-order valence-corrected chi connectivity index (χ2v) is 6.97. The molecule has 1 unspecified atom stereocenters. The van der Waals surface area contributed by atoms with E-state index >= 15 is 0 Å². The molecule has 1 saturated heterocycles. The molecule has 30 heavy (non-hydrogen) atoms. The monoisotopic (exact) mass is 409 g/mol. The molecular formula is C23H27N3O4. The molecule has 2 aromatic rings. The third-order valence-corrected chi connectivity index (χ3v) is 5.42. The van der Waals surface area contributed by atoms with Crippen molar-refractivity contribution >= 4 is 17.4 Å². The Hall–Kier alpha value is -3.19. The second kappa shape index (κ2) is 9.54. The van der Waals surface area contributed by atoms with Crippen molar-refractivity contribution in [1.82, 2.24) is 14.8 Å². The fourth-order valence-electron chi connectivity index (χ4n) is 3.73. The van der Waals surface area contributed by atoms with Crippen molar-refractivity contribution in [2.24, 2.45) is 0 Å². The number of likely N-dealkylation sites (tertiary alicyclic amines) is 1. The van der Waals surface area contributed by atoms with E-state index in [1.54, 1.807) is 48.7 Å². The number of rotatable bonds is 8. The van der Waals surface area contributed by atoms with Gasteiger partial charge in [-0.3, -0.25) is 14.6 Å². The lowest BCUT2D eigenvalue weighted by Crippen LogP contribution is -2.38. The van der Waals surface area contributed by atoms with Crippen molar-refractivity contribution in [1.29, 1.82) is 0 Å². The Balaban J connectivity index is 2.11. The molecule has 0 saturated carbocycles. The molecule has 158 valence electrons. The highest BCUT2D eigenvalue weighted by Gasteiger charge is 2.46. The van der Waals surface area contributed by atoms with Gasteiger partial charge in [-0.25, -0.2) is 0 Å². The molecule has 1 aliphatic heterocycles. The van der Waals surface area contributed by atoms with Gasteiger partial charge in [0.15, 0.2) is 0 Å². The topological polar surface area (TPSA) is 83.0 Å². The van der Waals surface area contributed by atoms with Crippen molar-refractivity contribution in [2.75, 3.05) is 33.3 Å². The number of ketones is 1. The Kier molecular flexibility index (Phi) is 6.84. The zero-order chi connectivity index (χ0) is 21.7. The fraction of sp³-hybridized carbons (Fsp3) is 0.348. The van der Waals surface area contributed by atoms with E-state index in [0.29, 0.717) is 30.1 Å². The molecule has 1 atom stereocenters. The molecule has 1 N–H and O–H groups in total. The third-order valence-electron chi connectivity index (χ3n) is 5.42. The maximum absolute atomic E-state index is 13.0. The number of methoxy groups -OCH3 is 1. The Bertz CT molecular complexity index is 938. The molecular weight excluding hydrogens is 382 g/mol.